The number of rotatable bonds is 2. The van der Waals surface area contributed by atoms with Crippen LogP contribution in [0.4, 0.5) is 26.3 Å². The molecule has 0 saturated heterocycles. The average Bonchev–Trinajstić information content (AvgIpc) is 3.46. The lowest BCUT2D eigenvalue weighted by Crippen LogP contribution is -2.13. The molecule has 208 valence electrons. The lowest BCUT2D eigenvalue weighted by atomic mass is 10.0. The van der Waals surface area contributed by atoms with E-state index in [4.69, 9.17) is 0 Å². The van der Waals surface area contributed by atoms with Gasteiger partial charge in [-0.3, -0.25) is 0 Å². The molecule has 4 nitrogen and oxygen atoms in total. The molecule has 10 heteroatoms. The highest BCUT2D eigenvalue weighted by Gasteiger charge is 2.37. The lowest BCUT2D eigenvalue weighted by molar-refractivity contribution is -0.137. The van der Waals surface area contributed by atoms with Crippen LogP contribution < -0.4 is 0 Å². The van der Waals surface area contributed by atoms with Crippen LogP contribution in [0.5, 0.6) is 0 Å². The van der Waals surface area contributed by atoms with Gasteiger partial charge in [0.05, 0.1) is 50.5 Å². The molecule has 0 atom stereocenters. The minimum absolute atomic E-state index is 0.295. The second-order valence-electron chi connectivity index (χ2n) is 9.95. The van der Waals surface area contributed by atoms with Crippen molar-refractivity contribution in [3.63, 3.8) is 0 Å². The van der Waals surface area contributed by atoms with Crippen LogP contribution >= 0.6 is 0 Å². The number of hydrogen-bond acceptors (Lipinski definition) is 2. The summed E-state index contributed by atoms with van der Waals surface area (Å²) in [5, 5.41) is 21.3. The molecule has 0 amide bonds. The van der Waals surface area contributed by atoms with Gasteiger partial charge in [-0.05, 0) is 36.4 Å². The van der Waals surface area contributed by atoms with Crippen molar-refractivity contribution in [1.82, 2.24) is 9.13 Å². The van der Waals surface area contributed by atoms with E-state index in [-0.39, 0.29) is 11.1 Å². The van der Waals surface area contributed by atoms with Gasteiger partial charge in [0.25, 0.3) is 0 Å². The van der Waals surface area contributed by atoms with Crippen LogP contribution in [0, 0.1) is 40.1 Å². The third-order valence-electron chi connectivity index (χ3n) is 7.56. The Labute approximate surface area is 238 Å². The van der Waals surface area contributed by atoms with Gasteiger partial charge in [-0.25, -0.2) is 13.2 Å². The lowest BCUT2D eigenvalue weighted by Gasteiger charge is -2.18. The van der Waals surface area contributed by atoms with Gasteiger partial charge in [-0.15, -0.1) is 0 Å². The maximum Gasteiger partial charge on any atom is 0.418 e. The molecule has 43 heavy (non-hydrogen) atoms. The number of halogens is 6. The largest absolute Gasteiger partial charge is 0.418 e. The number of benzene rings is 5. The first-order chi connectivity index (χ1) is 20.6. The van der Waals surface area contributed by atoms with Gasteiger partial charge in [-0.1, -0.05) is 36.4 Å². The van der Waals surface area contributed by atoms with Crippen molar-refractivity contribution in [3.8, 4) is 23.5 Å². The maximum absolute atomic E-state index is 15.2. The van der Waals surface area contributed by atoms with Crippen molar-refractivity contribution >= 4 is 43.6 Å². The third kappa shape index (κ3) is 3.77. The smallest absolute Gasteiger partial charge is 0.307 e. The van der Waals surface area contributed by atoms with Crippen LogP contribution in [0.2, 0.25) is 0 Å². The second kappa shape index (κ2) is 9.13. The quantitative estimate of drug-likeness (QED) is 0.192. The first kappa shape index (κ1) is 26.2. The standard InChI is InChI=1S/C33H14F6N4/c34-19-11-25(35)32(26(36)12-19)43-28-8-4-2-6-21(28)23-13-29-22(14-30(23)43)20-5-1-3-7-27(20)42(29)31-18(16-41)9-17(15-40)10-24(31)33(37,38)39/h1-14H. The van der Waals surface area contributed by atoms with Gasteiger partial charge in [-0.2, -0.15) is 23.7 Å². The normalized spacial score (nSPS) is 11.9. The molecule has 5 aromatic carbocycles. The molecule has 7 aromatic rings. The first-order valence-electron chi connectivity index (χ1n) is 12.8. The number of hydrogen-bond donors (Lipinski definition) is 0. The van der Waals surface area contributed by atoms with Crippen molar-refractivity contribution < 1.29 is 26.3 Å². The third-order valence-corrected chi connectivity index (χ3v) is 7.56. The number of aromatic nitrogens is 2. The molecule has 0 aliphatic heterocycles. The molecule has 0 saturated carbocycles. The molecule has 0 spiro atoms. The summed E-state index contributed by atoms with van der Waals surface area (Å²) < 4.78 is 90.3. The summed E-state index contributed by atoms with van der Waals surface area (Å²) in [6.45, 7) is 0. The van der Waals surface area contributed by atoms with E-state index >= 15 is 8.78 Å². The molecule has 0 bridgehead atoms. The molecule has 0 radical (unpaired) electrons. The van der Waals surface area contributed by atoms with Gasteiger partial charge in [0, 0.05) is 33.7 Å². The highest BCUT2D eigenvalue weighted by Crippen LogP contribution is 2.43. The summed E-state index contributed by atoms with van der Waals surface area (Å²) in [5.41, 5.74) is -1.43. The molecule has 0 aliphatic rings. The molecule has 0 fully saturated rings. The van der Waals surface area contributed by atoms with Gasteiger partial charge in [0.15, 0.2) is 11.6 Å². The number of para-hydroxylation sites is 2. The topological polar surface area (TPSA) is 57.4 Å². The Morgan fingerprint density at radius 1 is 0.558 bits per heavy atom. The molecule has 2 heterocycles. The number of alkyl halides is 3. The molecular formula is C33H14F6N4. The fourth-order valence-electron chi connectivity index (χ4n) is 5.90. The summed E-state index contributed by atoms with van der Waals surface area (Å²) in [7, 11) is 0. The highest BCUT2D eigenvalue weighted by molar-refractivity contribution is 6.19. The Morgan fingerprint density at radius 3 is 1.56 bits per heavy atom. The van der Waals surface area contributed by atoms with Gasteiger partial charge in [0.1, 0.15) is 17.6 Å². The van der Waals surface area contributed by atoms with E-state index in [1.165, 1.54) is 9.13 Å². The summed E-state index contributed by atoms with van der Waals surface area (Å²) in [6, 6.07) is 23.0. The van der Waals surface area contributed by atoms with Crippen molar-refractivity contribution in [3.05, 3.63) is 119 Å². The van der Waals surface area contributed by atoms with Gasteiger partial charge in [0.2, 0.25) is 0 Å². The predicted molar refractivity (Wildman–Crippen MR) is 149 cm³/mol. The zero-order valence-corrected chi connectivity index (χ0v) is 21.6. The van der Waals surface area contributed by atoms with E-state index in [0.29, 0.717) is 61.8 Å². The summed E-state index contributed by atoms with van der Waals surface area (Å²) in [4.78, 5) is 0. The van der Waals surface area contributed by atoms with Gasteiger partial charge < -0.3 is 9.13 Å². The van der Waals surface area contributed by atoms with Gasteiger partial charge >= 0.3 is 6.18 Å². The number of nitriles is 2. The molecule has 7 rings (SSSR count). The Hall–Kier alpha value is -5.74. The zero-order valence-electron chi connectivity index (χ0n) is 21.6. The SMILES string of the molecule is N#Cc1cc(C#N)c(-n2c3ccccc3c3cc4c(cc32)c2ccccc2n4-c2c(F)cc(F)cc2F)c(C(F)(F)F)c1. The summed E-state index contributed by atoms with van der Waals surface area (Å²) in [5.74, 6) is -3.34. The van der Waals surface area contributed by atoms with Crippen LogP contribution in [0.25, 0.3) is 55.0 Å². The predicted octanol–water partition coefficient (Wildman–Crippen LogP) is 9.06. The Morgan fingerprint density at radius 2 is 1.07 bits per heavy atom. The molecule has 0 N–H and O–H groups in total. The van der Waals surface area contributed by atoms with E-state index in [1.807, 2.05) is 6.07 Å². The number of nitrogens with zero attached hydrogens (tertiary/aromatic N) is 4. The Balaban J connectivity index is 1.70. The number of fused-ring (bicyclic) bond motifs is 6. The van der Waals surface area contributed by atoms with E-state index in [9.17, 15) is 28.1 Å². The van der Waals surface area contributed by atoms with E-state index < -0.39 is 40.6 Å². The van der Waals surface area contributed by atoms with Crippen molar-refractivity contribution in [2.24, 2.45) is 0 Å². The second-order valence-corrected chi connectivity index (χ2v) is 9.95. The Bertz CT molecular complexity index is 2380. The van der Waals surface area contributed by atoms with E-state index in [1.54, 1.807) is 66.7 Å². The first-order valence-corrected chi connectivity index (χ1v) is 12.8. The minimum Gasteiger partial charge on any atom is -0.307 e. The molecule has 0 unspecified atom stereocenters. The molecular weight excluding hydrogens is 566 g/mol. The van der Waals surface area contributed by atoms with Crippen LogP contribution in [0.1, 0.15) is 16.7 Å². The van der Waals surface area contributed by atoms with Crippen LogP contribution in [-0.2, 0) is 6.18 Å². The maximum atomic E-state index is 15.2. The fraction of sp³-hybridized carbons (Fsp3) is 0.0303. The van der Waals surface area contributed by atoms with Crippen LogP contribution in [-0.4, -0.2) is 9.13 Å². The van der Waals surface area contributed by atoms with Crippen molar-refractivity contribution in [2.75, 3.05) is 0 Å². The monoisotopic (exact) mass is 580 g/mol. The van der Waals surface area contributed by atoms with Crippen LogP contribution in [0.3, 0.4) is 0 Å². The zero-order chi connectivity index (χ0) is 30.2. The molecule has 2 aromatic heterocycles. The van der Waals surface area contributed by atoms with Crippen molar-refractivity contribution in [1.29, 1.82) is 10.5 Å². The minimum atomic E-state index is -4.91. The summed E-state index contributed by atoms with van der Waals surface area (Å²) in [6.07, 6.45) is -4.91. The Kier molecular flexibility index (Phi) is 5.56. The average molecular weight is 580 g/mol. The highest BCUT2D eigenvalue weighted by atomic mass is 19.4. The van der Waals surface area contributed by atoms with E-state index in [0.717, 1.165) is 6.07 Å². The molecule has 0 aliphatic carbocycles. The van der Waals surface area contributed by atoms with Crippen molar-refractivity contribution in [2.45, 2.75) is 6.18 Å². The fourth-order valence-corrected chi connectivity index (χ4v) is 5.90. The van der Waals surface area contributed by atoms with E-state index in [2.05, 4.69) is 0 Å². The summed E-state index contributed by atoms with van der Waals surface area (Å²) >= 11 is 0. The van der Waals surface area contributed by atoms with Crippen LogP contribution in [0.15, 0.2) is 84.9 Å².